The summed E-state index contributed by atoms with van der Waals surface area (Å²) in [6, 6.07) is 22.3. The van der Waals surface area contributed by atoms with Gasteiger partial charge in [-0.1, -0.05) is 42.5 Å². The summed E-state index contributed by atoms with van der Waals surface area (Å²) in [6.07, 6.45) is 2.85. The van der Waals surface area contributed by atoms with E-state index in [0.717, 1.165) is 19.3 Å². The van der Waals surface area contributed by atoms with Gasteiger partial charge in [-0.25, -0.2) is 0 Å². The Morgan fingerprint density at radius 3 is 2.50 bits per heavy atom. The number of amides is 2. The molecule has 1 unspecified atom stereocenters. The second-order valence-corrected chi connectivity index (χ2v) is 9.11. The predicted octanol–water partition coefficient (Wildman–Crippen LogP) is 4.59. The molecule has 0 aliphatic carbocycles. The van der Waals surface area contributed by atoms with Gasteiger partial charge in [0.1, 0.15) is 5.69 Å². The Morgan fingerprint density at radius 1 is 0.969 bits per heavy atom. The lowest BCUT2D eigenvalue weighted by Gasteiger charge is -2.20. The number of carbonyl (C=O) groups excluding carboxylic acids is 2. The average molecular weight is 447 g/mol. The minimum atomic E-state index is -1.49. The van der Waals surface area contributed by atoms with Crippen molar-refractivity contribution in [3.63, 3.8) is 0 Å². The van der Waals surface area contributed by atoms with Gasteiger partial charge >= 0.3 is 0 Å². The van der Waals surface area contributed by atoms with Gasteiger partial charge in [-0.3, -0.25) is 9.59 Å². The first-order chi connectivity index (χ1) is 15.6. The second kappa shape index (κ2) is 10.0. The molecule has 0 spiro atoms. The molecule has 0 bridgehead atoms. The Bertz CT molecular complexity index is 1120. The molecule has 164 valence electrons. The molecule has 0 fully saturated rings. The van der Waals surface area contributed by atoms with Crippen LogP contribution in [0.3, 0.4) is 0 Å². The molecule has 1 N–H and O–H groups in total. The number of fused-ring (bicyclic) bond motifs is 2. The molecule has 4 rings (SSSR count). The molecule has 3 aromatic carbocycles. The molecule has 0 radical (unpaired) electrons. The molecule has 3 aromatic rings. The monoisotopic (exact) mass is 446 g/mol. The lowest BCUT2D eigenvalue weighted by molar-refractivity contribution is 0.0949. The molecule has 0 saturated heterocycles. The Morgan fingerprint density at radius 2 is 1.72 bits per heavy atom. The molecule has 1 aliphatic rings. The summed E-state index contributed by atoms with van der Waals surface area (Å²) in [6.45, 7) is 2.87. The maximum atomic E-state index is 13.2. The largest absolute Gasteiger partial charge is 0.606 e. The zero-order chi connectivity index (χ0) is 22.5. The van der Waals surface area contributed by atoms with Gasteiger partial charge in [-0.2, -0.15) is 0 Å². The van der Waals surface area contributed by atoms with Crippen molar-refractivity contribution in [2.24, 2.45) is 0 Å². The highest BCUT2D eigenvalue weighted by Gasteiger charge is 2.35. The van der Waals surface area contributed by atoms with Crippen molar-refractivity contribution in [1.29, 1.82) is 0 Å². The third-order valence-corrected chi connectivity index (χ3v) is 7.11. The van der Waals surface area contributed by atoms with Crippen molar-refractivity contribution in [2.75, 3.05) is 18.0 Å². The Hall–Kier alpha value is -3.09. The summed E-state index contributed by atoms with van der Waals surface area (Å²) in [5.41, 5.74) is 2.72. The van der Waals surface area contributed by atoms with Crippen LogP contribution in [0.25, 0.3) is 0 Å². The number of aryl methyl sites for hydroxylation is 1. The van der Waals surface area contributed by atoms with E-state index < -0.39 is 11.2 Å². The minimum Gasteiger partial charge on any atom is -0.606 e. The van der Waals surface area contributed by atoms with Gasteiger partial charge in [0.05, 0.1) is 5.56 Å². The normalized spacial score (nSPS) is 15.0. The molecule has 6 heteroatoms. The van der Waals surface area contributed by atoms with E-state index in [-0.39, 0.29) is 11.8 Å². The molecular formula is C26H26N2O3S. The van der Waals surface area contributed by atoms with Crippen LogP contribution in [-0.2, 0) is 17.6 Å². The highest BCUT2D eigenvalue weighted by Crippen LogP contribution is 2.37. The molecule has 1 atom stereocenters. The fourth-order valence-corrected chi connectivity index (χ4v) is 5.27. The summed E-state index contributed by atoms with van der Waals surface area (Å²) in [5, 5.41) is 2.96. The number of nitrogens with one attached hydrogen (secondary N) is 1. The molecule has 1 heterocycles. The first kappa shape index (κ1) is 22.1. The quantitative estimate of drug-likeness (QED) is 0.426. The summed E-state index contributed by atoms with van der Waals surface area (Å²) in [5.74, 6) is -0.391. The van der Waals surface area contributed by atoms with Crippen molar-refractivity contribution < 1.29 is 14.1 Å². The average Bonchev–Trinajstić information content (AvgIpc) is 2.92. The van der Waals surface area contributed by atoms with Crippen molar-refractivity contribution in [1.82, 2.24) is 5.32 Å². The van der Waals surface area contributed by atoms with Crippen molar-refractivity contribution in [3.05, 3.63) is 89.5 Å². The van der Waals surface area contributed by atoms with E-state index in [2.05, 4.69) is 17.4 Å². The first-order valence-corrected chi connectivity index (χ1v) is 12.0. The van der Waals surface area contributed by atoms with Gasteiger partial charge in [0.25, 0.3) is 11.8 Å². The number of carbonyl (C=O) groups is 2. The lowest BCUT2D eigenvalue weighted by Crippen LogP contribution is -2.31. The van der Waals surface area contributed by atoms with E-state index in [1.54, 1.807) is 47.4 Å². The number of nitrogens with zero attached hydrogens (tertiary/aromatic N) is 1. The van der Waals surface area contributed by atoms with E-state index in [9.17, 15) is 14.1 Å². The van der Waals surface area contributed by atoms with Gasteiger partial charge in [-0.15, -0.1) is 0 Å². The van der Waals surface area contributed by atoms with E-state index in [1.807, 2.05) is 25.1 Å². The topological polar surface area (TPSA) is 72.5 Å². The van der Waals surface area contributed by atoms with E-state index >= 15 is 0 Å². The van der Waals surface area contributed by atoms with Crippen LogP contribution in [-0.4, -0.2) is 29.5 Å². The predicted molar refractivity (Wildman–Crippen MR) is 127 cm³/mol. The molecular weight excluding hydrogens is 420 g/mol. The van der Waals surface area contributed by atoms with Crippen LogP contribution in [0.4, 0.5) is 5.69 Å². The highest BCUT2D eigenvalue weighted by atomic mass is 32.2. The van der Waals surface area contributed by atoms with Crippen LogP contribution in [0.1, 0.15) is 46.0 Å². The van der Waals surface area contributed by atoms with Gasteiger partial charge in [0, 0.05) is 29.8 Å². The molecule has 0 saturated carbocycles. The van der Waals surface area contributed by atoms with Crippen LogP contribution in [0.2, 0.25) is 0 Å². The molecule has 0 aromatic heterocycles. The second-order valence-electron chi connectivity index (χ2n) is 7.70. The fourth-order valence-electron chi connectivity index (χ4n) is 3.92. The third kappa shape index (κ3) is 4.56. The van der Waals surface area contributed by atoms with E-state index in [0.29, 0.717) is 39.7 Å². The molecule has 32 heavy (non-hydrogen) atoms. The first-order valence-electron chi connectivity index (χ1n) is 10.9. The highest BCUT2D eigenvalue weighted by molar-refractivity contribution is 7.91. The Kier molecular flexibility index (Phi) is 6.93. The number of hydrogen-bond donors (Lipinski definition) is 1. The number of hydrogen-bond acceptors (Lipinski definition) is 3. The van der Waals surface area contributed by atoms with Crippen LogP contribution >= 0.6 is 0 Å². The number of unbranched alkanes of at least 4 members (excludes halogenated alkanes) is 1. The number of anilines is 1. The van der Waals surface area contributed by atoms with Gasteiger partial charge in [0.2, 0.25) is 0 Å². The molecule has 1 aliphatic heterocycles. The van der Waals surface area contributed by atoms with Gasteiger partial charge < -0.3 is 14.8 Å². The molecule has 2 amide bonds. The lowest BCUT2D eigenvalue weighted by atomic mass is 10.1. The molecule has 5 nitrogen and oxygen atoms in total. The van der Waals surface area contributed by atoms with E-state index in [4.69, 9.17) is 0 Å². The maximum Gasteiger partial charge on any atom is 0.263 e. The van der Waals surface area contributed by atoms with Crippen LogP contribution in [0, 0.1) is 0 Å². The van der Waals surface area contributed by atoms with Crippen LogP contribution in [0.5, 0.6) is 0 Å². The Labute approximate surface area is 191 Å². The Balaban J connectivity index is 1.46. The SMILES string of the molecule is CCN1C(=O)c2ccccc2[S+]([O-])c2ccc(C(=O)NCCCCc3ccccc3)cc21. The summed E-state index contributed by atoms with van der Waals surface area (Å²) >= 11 is -1.49. The standard InChI is InChI=1S/C26H26N2O3S/c1-2-28-22-18-20(25(29)27-17-9-8-12-19-10-4-3-5-11-19)15-16-24(22)32(31)23-14-7-6-13-21(23)26(28)30/h3-7,10-11,13-16,18H,2,8-9,12,17H2,1H3,(H,27,29). The summed E-state index contributed by atoms with van der Waals surface area (Å²) in [7, 11) is 0. The van der Waals surface area contributed by atoms with Crippen molar-refractivity contribution in [3.8, 4) is 0 Å². The fraction of sp³-hybridized carbons (Fsp3) is 0.231. The summed E-state index contributed by atoms with van der Waals surface area (Å²) in [4.78, 5) is 28.5. The summed E-state index contributed by atoms with van der Waals surface area (Å²) < 4.78 is 13.2. The number of rotatable bonds is 7. The van der Waals surface area contributed by atoms with Gasteiger partial charge in [-0.05, 0) is 62.1 Å². The van der Waals surface area contributed by atoms with Crippen LogP contribution < -0.4 is 10.2 Å². The maximum absolute atomic E-state index is 13.2. The number of benzene rings is 3. The van der Waals surface area contributed by atoms with E-state index in [1.165, 1.54) is 5.56 Å². The van der Waals surface area contributed by atoms with Crippen molar-refractivity contribution >= 4 is 28.7 Å². The zero-order valence-corrected chi connectivity index (χ0v) is 18.9. The third-order valence-electron chi connectivity index (χ3n) is 5.61. The van der Waals surface area contributed by atoms with Gasteiger partial charge in [0.15, 0.2) is 9.79 Å². The minimum absolute atomic E-state index is 0.191. The van der Waals surface area contributed by atoms with Crippen molar-refractivity contribution in [2.45, 2.75) is 36.0 Å². The smallest absolute Gasteiger partial charge is 0.263 e. The van der Waals surface area contributed by atoms with Crippen LogP contribution in [0.15, 0.2) is 82.6 Å². The zero-order valence-electron chi connectivity index (χ0n) is 18.0.